The molecule has 3 heterocycles. The van der Waals surface area contributed by atoms with Gasteiger partial charge in [-0.3, -0.25) is 9.36 Å². The Morgan fingerprint density at radius 2 is 1.88 bits per heavy atom. The van der Waals surface area contributed by atoms with Crippen LogP contribution in [0.1, 0.15) is 41.6 Å². The third-order valence-electron chi connectivity index (χ3n) is 6.42. The Balaban J connectivity index is 1.63. The summed E-state index contributed by atoms with van der Waals surface area (Å²) >= 11 is 1.19. The number of ether oxygens (including phenoxy) is 3. The molecule has 5 rings (SSSR count). The molecule has 10 heteroatoms. The highest BCUT2D eigenvalue weighted by molar-refractivity contribution is 7.07. The fourth-order valence-electron chi connectivity index (χ4n) is 4.61. The van der Waals surface area contributed by atoms with E-state index in [1.165, 1.54) is 23.0 Å². The van der Waals surface area contributed by atoms with Crippen LogP contribution in [0.4, 0.5) is 0 Å². The molecule has 0 aliphatic carbocycles. The van der Waals surface area contributed by atoms with Gasteiger partial charge in [0.25, 0.3) is 5.56 Å². The second-order valence-electron chi connectivity index (χ2n) is 8.82. The van der Waals surface area contributed by atoms with E-state index in [1.54, 1.807) is 81.6 Å². The highest BCUT2D eigenvalue weighted by Gasteiger charge is 2.33. The number of benzene rings is 2. The normalized spacial score (nSPS) is 14.9. The number of carbonyl (C=O) groups excluding carboxylic acids is 2. The monoisotopic (exact) mass is 558 g/mol. The predicted molar refractivity (Wildman–Crippen MR) is 149 cm³/mol. The molecule has 1 aliphatic heterocycles. The second-order valence-corrected chi connectivity index (χ2v) is 9.83. The van der Waals surface area contributed by atoms with Crippen LogP contribution in [0.2, 0.25) is 0 Å². The molecular weight excluding hydrogens is 532 g/mol. The summed E-state index contributed by atoms with van der Waals surface area (Å²) in [4.78, 5) is 44.1. The van der Waals surface area contributed by atoms with Gasteiger partial charge >= 0.3 is 11.9 Å². The van der Waals surface area contributed by atoms with Crippen LogP contribution in [-0.2, 0) is 14.3 Å². The van der Waals surface area contributed by atoms with Gasteiger partial charge in [0, 0.05) is 11.6 Å². The van der Waals surface area contributed by atoms with Crippen molar-refractivity contribution in [1.29, 1.82) is 0 Å². The van der Waals surface area contributed by atoms with E-state index >= 15 is 0 Å². The van der Waals surface area contributed by atoms with Crippen LogP contribution in [0.25, 0.3) is 17.4 Å². The van der Waals surface area contributed by atoms with E-state index in [2.05, 4.69) is 4.99 Å². The number of methoxy groups -OCH3 is 2. The van der Waals surface area contributed by atoms with Gasteiger partial charge in [-0.2, -0.15) is 0 Å². The Morgan fingerprint density at radius 1 is 1.07 bits per heavy atom. The molecule has 0 bridgehead atoms. The number of hydrogen-bond donors (Lipinski definition) is 0. The van der Waals surface area contributed by atoms with Crippen molar-refractivity contribution >= 4 is 29.4 Å². The van der Waals surface area contributed by atoms with E-state index in [9.17, 15) is 14.4 Å². The van der Waals surface area contributed by atoms with Gasteiger partial charge in [0.2, 0.25) is 0 Å². The first-order valence-corrected chi connectivity index (χ1v) is 13.3. The molecule has 40 heavy (non-hydrogen) atoms. The number of thiazole rings is 1. The summed E-state index contributed by atoms with van der Waals surface area (Å²) in [6.45, 7) is 3.64. The number of carbonyl (C=O) groups is 2. The zero-order valence-electron chi connectivity index (χ0n) is 22.3. The molecule has 0 saturated heterocycles. The van der Waals surface area contributed by atoms with E-state index in [4.69, 9.17) is 18.6 Å². The molecule has 0 radical (unpaired) electrons. The minimum absolute atomic E-state index is 0.185. The lowest BCUT2D eigenvalue weighted by Crippen LogP contribution is -2.39. The van der Waals surface area contributed by atoms with E-state index in [1.807, 2.05) is 6.07 Å². The summed E-state index contributed by atoms with van der Waals surface area (Å²) in [5, 5.41) is 0. The maximum atomic E-state index is 13.8. The number of furan rings is 1. The predicted octanol–water partition coefficient (Wildman–Crippen LogP) is 3.85. The van der Waals surface area contributed by atoms with Gasteiger partial charge in [-0.15, -0.1) is 0 Å². The lowest BCUT2D eigenvalue weighted by atomic mass is 9.95. The summed E-state index contributed by atoms with van der Waals surface area (Å²) in [6.07, 6.45) is 1.63. The average molecular weight is 559 g/mol. The minimum Gasteiger partial charge on any atom is -0.497 e. The Labute approximate surface area is 233 Å². The van der Waals surface area contributed by atoms with Crippen LogP contribution in [0.5, 0.6) is 5.75 Å². The van der Waals surface area contributed by atoms with Gasteiger partial charge in [0.05, 0.1) is 48.2 Å². The lowest BCUT2D eigenvalue weighted by Gasteiger charge is -2.24. The minimum atomic E-state index is -0.758. The molecule has 0 fully saturated rings. The van der Waals surface area contributed by atoms with Crippen LogP contribution < -0.4 is 19.6 Å². The maximum absolute atomic E-state index is 13.8. The van der Waals surface area contributed by atoms with Crippen molar-refractivity contribution in [2.45, 2.75) is 19.9 Å². The summed E-state index contributed by atoms with van der Waals surface area (Å²) in [5.74, 6) is 0.444. The molecule has 0 saturated carbocycles. The third-order valence-corrected chi connectivity index (χ3v) is 7.41. The number of fused-ring (bicyclic) bond motifs is 1. The van der Waals surface area contributed by atoms with Gasteiger partial charge in [0.15, 0.2) is 4.80 Å². The molecule has 0 amide bonds. The van der Waals surface area contributed by atoms with E-state index in [0.29, 0.717) is 49.0 Å². The molecule has 2 aromatic carbocycles. The standard InChI is InChI=1S/C30H26N2O7S/c1-5-38-29(35)25-17(2)31-30-32(26(25)18-9-8-10-19(15-18)36-3)27(33)24(40-30)16-20-13-14-23(39-20)21-11-6-7-12-22(21)28(34)37-4/h6-16,26H,5H2,1-4H3/b24-16+/t26-/m0/s1. The molecule has 0 unspecified atom stereocenters. The van der Waals surface area contributed by atoms with Crippen LogP contribution in [0.3, 0.4) is 0 Å². The molecule has 0 N–H and O–H groups in total. The van der Waals surface area contributed by atoms with Crippen LogP contribution in [0, 0.1) is 0 Å². The molecule has 1 aliphatic rings. The van der Waals surface area contributed by atoms with Crippen molar-refractivity contribution in [3.8, 4) is 17.1 Å². The van der Waals surface area contributed by atoms with Crippen LogP contribution in [0.15, 0.2) is 86.1 Å². The molecular formula is C30H26N2O7S. The van der Waals surface area contributed by atoms with Crippen molar-refractivity contribution < 1.29 is 28.2 Å². The van der Waals surface area contributed by atoms with Crippen LogP contribution in [-0.4, -0.2) is 37.3 Å². The maximum Gasteiger partial charge on any atom is 0.338 e. The number of esters is 2. The molecule has 4 aromatic rings. The van der Waals surface area contributed by atoms with E-state index in [0.717, 1.165) is 0 Å². The Kier molecular flexibility index (Phi) is 7.52. The molecule has 9 nitrogen and oxygen atoms in total. The molecule has 1 atom stereocenters. The fraction of sp³-hybridized carbons (Fsp3) is 0.200. The highest BCUT2D eigenvalue weighted by Crippen LogP contribution is 2.32. The van der Waals surface area contributed by atoms with E-state index in [-0.39, 0.29) is 17.7 Å². The van der Waals surface area contributed by atoms with Crippen molar-refractivity contribution in [3.05, 3.63) is 109 Å². The SMILES string of the molecule is CCOC(=O)C1=C(C)N=c2s/c(=C/c3ccc(-c4ccccc4C(=O)OC)o3)c(=O)n2[C@H]1c1cccc(OC)c1. The summed E-state index contributed by atoms with van der Waals surface area (Å²) in [5.41, 5.74) is 2.05. The van der Waals surface area contributed by atoms with Gasteiger partial charge in [-0.05, 0) is 49.7 Å². The van der Waals surface area contributed by atoms with Crippen molar-refractivity contribution in [2.75, 3.05) is 20.8 Å². The van der Waals surface area contributed by atoms with Gasteiger partial charge in [0.1, 0.15) is 17.3 Å². The summed E-state index contributed by atoms with van der Waals surface area (Å²) in [6, 6.07) is 16.9. The van der Waals surface area contributed by atoms with Gasteiger partial charge in [-0.25, -0.2) is 14.6 Å². The smallest absolute Gasteiger partial charge is 0.338 e. The number of rotatable bonds is 7. The fourth-order valence-corrected chi connectivity index (χ4v) is 5.64. The first kappa shape index (κ1) is 26.9. The highest BCUT2D eigenvalue weighted by atomic mass is 32.1. The van der Waals surface area contributed by atoms with Crippen LogP contribution >= 0.6 is 11.3 Å². The Hall–Kier alpha value is -4.70. The number of nitrogens with zero attached hydrogens (tertiary/aromatic N) is 2. The first-order chi connectivity index (χ1) is 19.4. The number of aromatic nitrogens is 1. The topological polar surface area (TPSA) is 109 Å². The summed E-state index contributed by atoms with van der Waals surface area (Å²) in [7, 11) is 2.87. The zero-order valence-corrected chi connectivity index (χ0v) is 23.1. The van der Waals surface area contributed by atoms with Gasteiger partial charge in [-0.1, -0.05) is 41.7 Å². The van der Waals surface area contributed by atoms with Crippen molar-refractivity contribution in [1.82, 2.24) is 4.57 Å². The molecule has 0 spiro atoms. The summed E-state index contributed by atoms with van der Waals surface area (Å²) < 4.78 is 23.5. The van der Waals surface area contributed by atoms with Crippen molar-refractivity contribution in [2.24, 2.45) is 4.99 Å². The lowest BCUT2D eigenvalue weighted by molar-refractivity contribution is -0.139. The Morgan fingerprint density at radius 3 is 2.62 bits per heavy atom. The van der Waals surface area contributed by atoms with E-state index < -0.39 is 18.0 Å². The number of allylic oxidation sites excluding steroid dienone is 1. The quantitative estimate of drug-likeness (QED) is 0.317. The number of hydrogen-bond acceptors (Lipinski definition) is 9. The largest absolute Gasteiger partial charge is 0.497 e. The zero-order chi connectivity index (χ0) is 28.4. The Bertz CT molecular complexity index is 1830. The molecule has 204 valence electrons. The average Bonchev–Trinajstić information content (AvgIpc) is 3.56. The van der Waals surface area contributed by atoms with Crippen molar-refractivity contribution in [3.63, 3.8) is 0 Å². The third kappa shape index (κ3) is 4.89. The second kappa shape index (κ2) is 11.2. The van der Waals surface area contributed by atoms with Gasteiger partial charge < -0.3 is 18.6 Å². The molecule has 2 aromatic heterocycles. The first-order valence-electron chi connectivity index (χ1n) is 12.5.